The fourth-order valence-corrected chi connectivity index (χ4v) is 7.55. The first kappa shape index (κ1) is 51.2. The maximum Gasteiger partial charge on any atom is 0.220 e. The normalized spacial score (nSPS) is 22.0. The van der Waals surface area contributed by atoms with Crippen molar-refractivity contribution < 1.29 is 44.9 Å². The second-order valence-corrected chi connectivity index (χ2v) is 16.3. The lowest BCUT2D eigenvalue weighted by atomic mass is 9.98. The number of rotatable bonds is 38. The van der Waals surface area contributed by atoms with E-state index in [1.165, 1.54) is 148 Å². The average molecular weight is 774 g/mol. The van der Waals surface area contributed by atoms with Gasteiger partial charge in [0.1, 0.15) is 30.5 Å². The number of ether oxygens (including phenoxy) is 2. The van der Waals surface area contributed by atoms with Gasteiger partial charge in [-0.15, -0.1) is 0 Å². The Hall–Kier alpha value is -0.850. The zero-order valence-electron chi connectivity index (χ0n) is 34.9. The second-order valence-electron chi connectivity index (χ2n) is 16.3. The van der Waals surface area contributed by atoms with Crippen LogP contribution in [0, 0.1) is 0 Å². The van der Waals surface area contributed by atoms with E-state index in [1.54, 1.807) is 0 Å². The van der Waals surface area contributed by atoms with Gasteiger partial charge in [-0.3, -0.25) is 4.79 Å². The molecule has 1 rings (SSSR count). The van der Waals surface area contributed by atoms with Crippen LogP contribution in [-0.4, -0.2) is 98.7 Å². The third-order valence-electron chi connectivity index (χ3n) is 11.3. The number of nitrogens with one attached hydrogen (secondary N) is 1. The fraction of sp³-hybridized carbons (Fsp3) is 0.977. The summed E-state index contributed by atoms with van der Waals surface area (Å²) >= 11 is 0. The molecule has 0 bridgehead atoms. The minimum absolute atomic E-state index is 0.255. The van der Waals surface area contributed by atoms with Crippen molar-refractivity contribution >= 4 is 5.91 Å². The van der Waals surface area contributed by atoms with Crippen LogP contribution in [0.2, 0.25) is 0 Å². The number of hydrogen-bond donors (Lipinski definition) is 7. The molecule has 1 heterocycles. The predicted octanol–water partition coefficient (Wildman–Crippen LogP) is 8.14. The topological polar surface area (TPSA) is 169 Å². The summed E-state index contributed by atoms with van der Waals surface area (Å²) in [5, 5.41) is 65.1. The largest absolute Gasteiger partial charge is 0.394 e. The van der Waals surface area contributed by atoms with E-state index in [2.05, 4.69) is 19.2 Å². The van der Waals surface area contributed by atoms with Crippen LogP contribution < -0.4 is 5.32 Å². The van der Waals surface area contributed by atoms with Crippen LogP contribution >= 0.6 is 0 Å². The standard InChI is InChI=1S/C44H87NO9/c1-3-5-7-9-11-13-15-17-19-21-23-25-27-29-31-33-39(48)45-36(35-53-44-43(52)42(51)41(50)38(34-46)54-44)40(49)37(47)32-30-28-26-24-22-20-18-16-14-12-10-8-6-4-2/h36-38,40-44,46-47,49-52H,3-35H2,1-2H3,(H,45,48)/t36-,37+,38+,40-,41-,42?,43?,44+/m0/s1. The van der Waals surface area contributed by atoms with Crippen LogP contribution in [0.15, 0.2) is 0 Å². The molecule has 0 aromatic rings. The summed E-state index contributed by atoms with van der Waals surface area (Å²) in [5.41, 5.74) is 0. The summed E-state index contributed by atoms with van der Waals surface area (Å²) in [4.78, 5) is 13.0. The molecule has 1 aliphatic heterocycles. The molecule has 0 spiro atoms. The summed E-state index contributed by atoms with van der Waals surface area (Å²) in [6, 6.07) is -0.983. The number of aliphatic hydroxyl groups excluding tert-OH is 6. The number of amides is 1. The molecule has 1 saturated heterocycles. The number of hydrogen-bond acceptors (Lipinski definition) is 9. The first-order chi connectivity index (χ1) is 26.3. The average Bonchev–Trinajstić information content (AvgIpc) is 3.17. The minimum atomic E-state index is -1.60. The van der Waals surface area contributed by atoms with Crippen LogP contribution in [0.5, 0.6) is 0 Å². The van der Waals surface area contributed by atoms with Crippen LogP contribution in [0.4, 0.5) is 0 Å². The summed E-state index contributed by atoms with van der Waals surface area (Å²) in [7, 11) is 0. The van der Waals surface area contributed by atoms with Gasteiger partial charge in [0, 0.05) is 6.42 Å². The molecule has 7 N–H and O–H groups in total. The Balaban J connectivity index is 2.40. The van der Waals surface area contributed by atoms with E-state index in [0.717, 1.165) is 38.5 Å². The molecule has 10 heteroatoms. The number of carbonyl (C=O) groups excluding carboxylic acids is 1. The summed E-state index contributed by atoms with van der Waals surface area (Å²) < 4.78 is 11.2. The lowest BCUT2D eigenvalue weighted by molar-refractivity contribution is -0.303. The third kappa shape index (κ3) is 25.4. The van der Waals surface area contributed by atoms with Crippen molar-refractivity contribution in [2.24, 2.45) is 0 Å². The molecule has 1 aliphatic rings. The Morgan fingerprint density at radius 3 is 1.37 bits per heavy atom. The van der Waals surface area contributed by atoms with E-state index in [9.17, 15) is 35.4 Å². The van der Waals surface area contributed by atoms with Crippen molar-refractivity contribution in [1.29, 1.82) is 0 Å². The quantitative estimate of drug-likeness (QED) is 0.0306. The molecule has 0 aliphatic carbocycles. The van der Waals surface area contributed by atoms with Crippen molar-refractivity contribution in [2.75, 3.05) is 13.2 Å². The molecule has 0 aromatic carbocycles. The van der Waals surface area contributed by atoms with E-state index in [1.807, 2.05) is 0 Å². The Morgan fingerprint density at radius 1 is 0.574 bits per heavy atom. The van der Waals surface area contributed by atoms with Gasteiger partial charge in [0.15, 0.2) is 6.29 Å². The van der Waals surface area contributed by atoms with E-state index in [4.69, 9.17) is 9.47 Å². The van der Waals surface area contributed by atoms with E-state index >= 15 is 0 Å². The monoisotopic (exact) mass is 774 g/mol. The lowest BCUT2D eigenvalue weighted by Gasteiger charge is -2.40. The van der Waals surface area contributed by atoms with Crippen molar-refractivity contribution in [2.45, 2.75) is 262 Å². The zero-order valence-corrected chi connectivity index (χ0v) is 34.9. The Morgan fingerprint density at radius 2 is 0.963 bits per heavy atom. The zero-order chi connectivity index (χ0) is 39.7. The van der Waals surface area contributed by atoms with Crippen molar-refractivity contribution in [3.05, 3.63) is 0 Å². The Bertz CT molecular complexity index is 834. The number of carbonyl (C=O) groups is 1. The first-order valence-electron chi connectivity index (χ1n) is 22.8. The van der Waals surface area contributed by atoms with Gasteiger partial charge in [-0.05, 0) is 12.8 Å². The molecule has 54 heavy (non-hydrogen) atoms. The highest BCUT2D eigenvalue weighted by Gasteiger charge is 2.44. The van der Waals surface area contributed by atoms with Crippen LogP contribution in [0.25, 0.3) is 0 Å². The molecule has 0 saturated carbocycles. The molecular formula is C44H87NO9. The maximum absolute atomic E-state index is 13.0. The molecule has 0 radical (unpaired) electrons. The Kier molecular flexibility index (Phi) is 33.5. The smallest absolute Gasteiger partial charge is 0.220 e. The molecule has 322 valence electrons. The van der Waals surface area contributed by atoms with E-state index in [-0.39, 0.29) is 18.9 Å². The first-order valence-corrected chi connectivity index (χ1v) is 22.8. The van der Waals surface area contributed by atoms with Gasteiger partial charge in [-0.1, -0.05) is 194 Å². The molecule has 2 unspecified atom stereocenters. The van der Waals surface area contributed by atoms with Crippen molar-refractivity contribution in [1.82, 2.24) is 5.32 Å². The summed E-state index contributed by atoms with van der Waals surface area (Å²) in [6.07, 6.45) is 26.7. The van der Waals surface area contributed by atoms with E-state index < -0.39 is 55.6 Å². The molecule has 0 aromatic heterocycles. The minimum Gasteiger partial charge on any atom is -0.394 e. The highest BCUT2D eigenvalue weighted by molar-refractivity contribution is 5.76. The van der Waals surface area contributed by atoms with Gasteiger partial charge in [0.05, 0.1) is 25.4 Å². The SMILES string of the molecule is CCCCCCCCCCCCCCCCCC(=O)N[C@@H](CO[C@@H]1O[C@H](CO)[C@H](O)C(O)C1O)[C@H](O)[C@H](O)CCCCCCCCCCCCCCCC. The van der Waals surface area contributed by atoms with E-state index in [0.29, 0.717) is 6.42 Å². The van der Waals surface area contributed by atoms with Gasteiger partial charge in [-0.25, -0.2) is 0 Å². The highest BCUT2D eigenvalue weighted by Crippen LogP contribution is 2.23. The van der Waals surface area contributed by atoms with Crippen molar-refractivity contribution in [3.8, 4) is 0 Å². The van der Waals surface area contributed by atoms with Gasteiger partial charge in [0.25, 0.3) is 0 Å². The van der Waals surface area contributed by atoms with Gasteiger partial charge in [-0.2, -0.15) is 0 Å². The van der Waals surface area contributed by atoms with Crippen LogP contribution in [-0.2, 0) is 14.3 Å². The van der Waals surface area contributed by atoms with Crippen molar-refractivity contribution in [3.63, 3.8) is 0 Å². The van der Waals surface area contributed by atoms with Gasteiger partial charge in [0.2, 0.25) is 5.91 Å². The number of aliphatic hydroxyl groups is 6. The fourth-order valence-electron chi connectivity index (χ4n) is 7.55. The predicted molar refractivity (Wildman–Crippen MR) is 218 cm³/mol. The highest BCUT2D eigenvalue weighted by atomic mass is 16.7. The third-order valence-corrected chi connectivity index (χ3v) is 11.3. The van der Waals surface area contributed by atoms with Gasteiger partial charge >= 0.3 is 0 Å². The Labute approximate surface area is 330 Å². The molecule has 8 atom stereocenters. The molecular weight excluding hydrogens is 686 g/mol. The van der Waals surface area contributed by atoms with Crippen LogP contribution in [0.3, 0.4) is 0 Å². The summed E-state index contributed by atoms with van der Waals surface area (Å²) in [6.45, 7) is 3.61. The molecule has 1 amide bonds. The molecule has 10 nitrogen and oxygen atoms in total. The van der Waals surface area contributed by atoms with Crippen LogP contribution in [0.1, 0.15) is 213 Å². The second kappa shape index (κ2) is 35.3. The van der Waals surface area contributed by atoms with Gasteiger partial charge < -0.3 is 45.4 Å². The maximum atomic E-state index is 13.0. The molecule has 1 fully saturated rings. The summed E-state index contributed by atoms with van der Waals surface area (Å²) in [5.74, 6) is -0.255. The lowest BCUT2D eigenvalue weighted by Crippen LogP contribution is -2.60. The number of unbranched alkanes of at least 4 members (excludes halogenated alkanes) is 27.